The Labute approximate surface area is 77.0 Å². The number of hydrogen-bond acceptors (Lipinski definition) is 3. The third-order valence-corrected chi connectivity index (χ3v) is 1.91. The molecular formula is C10H11N3. The Morgan fingerprint density at radius 3 is 2.85 bits per heavy atom. The molecule has 0 fully saturated rings. The standard InChI is InChI=1S/C10H11N3/c11-8-4-5-10(13-7-8)9-3-1-2-6-12-9/h1-7,9,12H,11H2. The molecule has 0 saturated heterocycles. The third kappa shape index (κ3) is 1.69. The zero-order valence-corrected chi connectivity index (χ0v) is 7.14. The molecule has 0 aromatic carbocycles. The van der Waals surface area contributed by atoms with Gasteiger partial charge in [0.05, 0.1) is 23.6 Å². The molecule has 3 heteroatoms. The highest BCUT2D eigenvalue weighted by Gasteiger charge is 2.07. The number of nitrogens with two attached hydrogens (primary N) is 1. The summed E-state index contributed by atoms with van der Waals surface area (Å²) in [5.74, 6) is 0. The van der Waals surface area contributed by atoms with Gasteiger partial charge in [0.15, 0.2) is 0 Å². The Bertz CT molecular complexity index is 338. The number of hydrogen-bond donors (Lipinski definition) is 2. The smallest absolute Gasteiger partial charge is 0.0868 e. The fourth-order valence-electron chi connectivity index (χ4n) is 1.23. The van der Waals surface area contributed by atoms with Gasteiger partial charge in [-0.05, 0) is 24.4 Å². The maximum atomic E-state index is 5.54. The lowest BCUT2D eigenvalue weighted by Crippen LogP contribution is -2.16. The van der Waals surface area contributed by atoms with Gasteiger partial charge in [-0.15, -0.1) is 0 Å². The number of nitrogens with one attached hydrogen (secondary N) is 1. The van der Waals surface area contributed by atoms with Crippen LogP contribution in [0, 0.1) is 0 Å². The van der Waals surface area contributed by atoms with Gasteiger partial charge in [-0.3, -0.25) is 4.98 Å². The predicted molar refractivity (Wildman–Crippen MR) is 52.8 cm³/mol. The van der Waals surface area contributed by atoms with Gasteiger partial charge in [0.25, 0.3) is 0 Å². The molecule has 1 atom stereocenters. The summed E-state index contributed by atoms with van der Waals surface area (Å²) in [4.78, 5) is 4.23. The molecule has 2 rings (SSSR count). The first-order valence-electron chi connectivity index (χ1n) is 4.17. The van der Waals surface area contributed by atoms with E-state index in [1.807, 2.05) is 30.5 Å². The van der Waals surface area contributed by atoms with Crippen molar-refractivity contribution >= 4 is 5.69 Å². The van der Waals surface area contributed by atoms with E-state index in [4.69, 9.17) is 5.73 Å². The molecule has 0 amide bonds. The number of pyridine rings is 1. The number of allylic oxidation sites excluding steroid dienone is 2. The molecule has 0 bridgehead atoms. The van der Waals surface area contributed by atoms with Crippen LogP contribution in [-0.2, 0) is 0 Å². The minimum Gasteiger partial charge on any atom is -0.397 e. The monoisotopic (exact) mass is 173 g/mol. The van der Waals surface area contributed by atoms with Gasteiger partial charge in [0.2, 0.25) is 0 Å². The van der Waals surface area contributed by atoms with E-state index in [-0.39, 0.29) is 6.04 Å². The summed E-state index contributed by atoms with van der Waals surface area (Å²) < 4.78 is 0. The van der Waals surface area contributed by atoms with Crippen LogP contribution in [0.2, 0.25) is 0 Å². The van der Waals surface area contributed by atoms with Crippen molar-refractivity contribution in [3.05, 3.63) is 48.5 Å². The van der Waals surface area contributed by atoms with Gasteiger partial charge in [-0.1, -0.05) is 12.2 Å². The lowest BCUT2D eigenvalue weighted by atomic mass is 10.1. The van der Waals surface area contributed by atoms with Crippen LogP contribution < -0.4 is 11.1 Å². The molecule has 2 heterocycles. The Kier molecular flexibility index (Phi) is 2.00. The van der Waals surface area contributed by atoms with Crippen molar-refractivity contribution < 1.29 is 0 Å². The highest BCUT2D eigenvalue weighted by molar-refractivity contribution is 5.36. The Morgan fingerprint density at radius 1 is 1.31 bits per heavy atom. The zero-order valence-electron chi connectivity index (χ0n) is 7.14. The number of anilines is 1. The van der Waals surface area contributed by atoms with Crippen LogP contribution >= 0.6 is 0 Å². The van der Waals surface area contributed by atoms with Gasteiger partial charge in [-0.2, -0.15) is 0 Å². The summed E-state index contributed by atoms with van der Waals surface area (Å²) in [5.41, 5.74) is 7.22. The Hall–Kier alpha value is -1.77. The van der Waals surface area contributed by atoms with Crippen molar-refractivity contribution in [2.24, 2.45) is 0 Å². The average molecular weight is 173 g/mol. The molecule has 1 aromatic rings. The SMILES string of the molecule is Nc1ccc(C2C=CC=CN2)nc1. The van der Waals surface area contributed by atoms with Crippen LogP contribution in [0.3, 0.4) is 0 Å². The van der Waals surface area contributed by atoms with Gasteiger partial charge >= 0.3 is 0 Å². The molecule has 66 valence electrons. The maximum absolute atomic E-state index is 5.54. The molecule has 1 aliphatic rings. The highest BCUT2D eigenvalue weighted by Crippen LogP contribution is 2.14. The van der Waals surface area contributed by atoms with Crippen LogP contribution in [-0.4, -0.2) is 4.98 Å². The second kappa shape index (κ2) is 3.31. The molecule has 3 nitrogen and oxygen atoms in total. The molecule has 3 N–H and O–H groups in total. The minimum absolute atomic E-state index is 0.172. The van der Waals surface area contributed by atoms with Crippen molar-refractivity contribution in [3.8, 4) is 0 Å². The summed E-state index contributed by atoms with van der Waals surface area (Å²) in [5, 5.41) is 3.18. The molecule has 13 heavy (non-hydrogen) atoms. The van der Waals surface area contributed by atoms with Crippen LogP contribution in [0.15, 0.2) is 42.8 Å². The number of nitrogens with zero attached hydrogens (tertiary/aromatic N) is 1. The van der Waals surface area contributed by atoms with E-state index in [2.05, 4.69) is 16.4 Å². The van der Waals surface area contributed by atoms with Gasteiger partial charge in [0.1, 0.15) is 0 Å². The molecule has 0 aliphatic carbocycles. The van der Waals surface area contributed by atoms with Crippen molar-refractivity contribution in [1.29, 1.82) is 0 Å². The van der Waals surface area contributed by atoms with Crippen molar-refractivity contribution in [2.75, 3.05) is 5.73 Å². The molecule has 1 aromatic heterocycles. The first-order chi connectivity index (χ1) is 6.36. The molecule has 1 aliphatic heterocycles. The first kappa shape index (κ1) is 7.86. The largest absolute Gasteiger partial charge is 0.397 e. The van der Waals surface area contributed by atoms with Gasteiger partial charge in [-0.25, -0.2) is 0 Å². The molecule has 0 saturated carbocycles. The minimum atomic E-state index is 0.172. The molecular weight excluding hydrogens is 162 g/mol. The second-order valence-corrected chi connectivity index (χ2v) is 2.90. The summed E-state index contributed by atoms with van der Waals surface area (Å²) in [6.45, 7) is 0. The topological polar surface area (TPSA) is 50.9 Å². The fraction of sp³-hybridized carbons (Fsp3) is 0.100. The lowest BCUT2D eigenvalue weighted by Gasteiger charge is -2.14. The van der Waals surface area contributed by atoms with Gasteiger partial charge < -0.3 is 11.1 Å². The third-order valence-electron chi connectivity index (χ3n) is 1.91. The lowest BCUT2D eigenvalue weighted by molar-refractivity contribution is 0.721. The van der Waals surface area contributed by atoms with E-state index in [0.717, 1.165) is 5.69 Å². The Morgan fingerprint density at radius 2 is 2.23 bits per heavy atom. The summed E-state index contributed by atoms with van der Waals surface area (Å²) >= 11 is 0. The van der Waals surface area contributed by atoms with Crippen LogP contribution in [0.25, 0.3) is 0 Å². The molecule has 1 unspecified atom stereocenters. The summed E-state index contributed by atoms with van der Waals surface area (Å²) in [6.07, 6.45) is 9.58. The van der Waals surface area contributed by atoms with Crippen molar-refractivity contribution in [2.45, 2.75) is 6.04 Å². The quantitative estimate of drug-likeness (QED) is 0.674. The normalized spacial score (nSPS) is 19.8. The van der Waals surface area contributed by atoms with Crippen LogP contribution in [0.4, 0.5) is 5.69 Å². The maximum Gasteiger partial charge on any atom is 0.0868 e. The fourth-order valence-corrected chi connectivity index (χ4v) is 1.23. The molecule has 0 spiro atoms. The second-order valence-electron chi connectivity index (χ2n) is 2.90. The average Bonchev–Trinajstić information content (AvgIpc) is 2.20. The number of rotatable bonds is 1. The van der Waals surface area contributed by atoms with E-state index in [0.29, 0.717) is 5.69 Å². The Balaban J connectivity index is 2.21. The summed E-state index contributed by atoms with van der Waals surface area (Å²) in [6, 6.07) is 3.96. The van der Waals surface area contributed by atoms with Gasteiger partial charge in [0, 0.05) is 0 Å². The van der Waals surface area contributed by atoms with E-state index in [9.17, 15) is 0 Å². The van der Waals surface area contributed by atoms with Crippen molar-refractivity contribution in [1.82, 2.24) is 10.3 Å². The van der Waals surface area contributed by atoms with E-state index >= 15 is 0 Å². The van der Waals surface area contributed by atoms with E-state index in [1.54, 1.807) is 6.20 Å². The first-order valence-corrected chi connectivity index (χ1v) is 4.17. The van der Waals surface area contributed by atoms with Crippen LogP contribution in [0.5, 0.6) is 0 Å². The number of aromatic nitrogens is 1. The predicted octanol–water partition coefficient (Wildman–Crippen LogP) is 1.38. The van der Waals surface area contributed by atoms with Crippen LogP contribution in [0.1, 0.15) is 11.7 Å². The van der Waals surface area contributed by atoms with E-state index < -0.39 is 0 Å². The molecule has 0 radical (unpaired) electrons. The number of dihydropyridines is 1. The zero-order chi connectivity index (χ0) is 9.10. The summed E-state index contributed by atoms with van der Waals surface area (Å²) in [7, 11) is 0. The van der Waals surface area contributed by atoms with E-state index in [1.165, 1.54) is 0 Å². The number of nitrogen functional groups attached to an aromatic ring is 1. The highest BCUT2D eigenvalue weighted by atomic mass is 14.9. The van der Waals surface area contributed by atoms with Crippen molar-refractivity contribution in [3.63, 3.8) is 0 Å².